The van der Waals surface area contributed by atoms with Crippen LogP contribution in [-0.4, -0.2) is 20.5 Å². The molecule has 0 aliphatic rings. The van der Waals surface area contributed by atoms with E-state index in [9.17, 15) is 17.6 Å². The molecule has 0 aliphatic heterocycles. The lowest BCUT2D eigenvalue weighted by Crippen LogP contribution is -2.17. The quantitative estimate of drug-likeness (QED) is 0.776. The van der Waals surface area contributed by atoms with Crippen molar-refractivity contribution in [1.82, 2.24) is 0 Å². The van der Waals surface area contributed by atoms with Crippen molar-refractivity contribution in [3.05, 3.63) is 48.3 Å². The van der Waals surface area contributed by atoms with Gasteiger partial charge in [-0.05, 0) is 35.9 Å². The molecule has 0 saturated heterocycles. The van der Waals surface area contributed by atoms with Gasteiger partial charge >= 0.3 is 6.36 Å². The fourth-order valence-corrected chi connectivity index (χ4v) is 1.97. The van der Waals surface area contributed by atoms with Gasteiger partial charge in [-0.2, -0.15) is 0 Å². The van der Waals surface area contributed by atoms with E-state index in [4.69, 9.17) is 0 Å². The largest absolute Gasteiger partial charge is 0.573 e. The van der Waals surface area contributed by atoms with Crippen molar-refractivity contribution in [3.8, 4) is 16.9 Å². The number of benzene rings is 2. The van der Waals surface area contributed by atoms with Crippen LogP contribution in [0.2, 0.25) is 0 Å². The van der Waals surface area contributed by atoms with Gasteiger partial charge in [0.05, 0.1) is 0 Å². The lowest BCUT2D eigenvalue weighted by Gasteiger charge is -2.18. The maximum atomic E-state index is 13.4. The zero-order valence-corrected chi connectivity index (χ0v) is 11.4. The van der Waals surface area contributed by atoms with Gasteiger partial charge in [0.25, 0.3) is 0 Å². The number of nitrogens with zero attached hydrogens (tertiary/aromatic N) is 1. The summed E-state index contributed by atoms with van der Waals surface area (Å²) in [5, 5.41) is 0. The van der Waals surface area contributed by atoms with Gasteiger partial charge in [0.2, 0.25) is 0 Å². The molecule has 0 radical (unpaired) electrons. The zero-order valence-electron chi connectivity index (χ0n) is 11.4. The molecule has 0 spiro atoms. The highest BCUT2D eigenvalue weighted by atomic mass is 19.4. The Morgan fingerprint density at radius 2 is 1.57 bits per heavy atom. The van der Waals surface area contributed by atoms with Crippen LogP contribution >= 0.6 is 0 Å². The summed E-state index contributed by atoms with van der Waals surface area (Å²) in [6.45, 7) is 0. The van der Waals surface area contributed by atoms with Crippen LogP contribution in [0.5, 0.6) is 5.75 Å². The predicted molar refractivity (Wildman–Crippen MR) is 72.8 cm³/mol. The highest BCUT2D eigenvalue weighted by Gasteiger charge is 2.31. The molecule has 2 aromatic rings. The van der Waals surface area contributed by atoms with Gasteiger partial charge in [-0.1, -0.05) is 12.1 Å². The van der Waals surface area contributed by atoms with Crippen LogP contribution < -0.4 is 9.64 Å². The Bertz CT molecular complexity index is 621. The minimum absolute atomic E-state index is 0.311. The van der Waals surface area contributed by atoms with Crippen molar-refractivity contribution >= 4 is 5.69 Å². The Hall–Kier alpha value is -2.24. The normalized spacial score (nSPS) is 11.3. The Morgan fingerprint density at radius 3 is 2.10 bits per heavy atom. The van der Waals surface area contributed by atoms with E-state index < -0.39 is 12.2 Å². The van der Waals surface area contributed by atoms with Crippen molar-refractivity contribution in [3.63, 3.8) is 0 Å². The third kappa shape index (κ3) is 3.87. The first-order valence-corrected chi connectivity index (χ1v) is 6.09. The molecule has 0 N–H and O–H groups in total. The molecule has 6 heteroatoms. The first kappa shape index (κ1) is 15.2. The summed E-state index contributed by atoms with van der Waals surface area (Å²) in [4.78, 5) is 1.80. The number of rotatable bonds is 3. The van der Waals surface area contributed by atoms with Crippen LogP contribution in [0.4, 0.5) is 23.2 Å². The van der Waals surface area contributed by atoms with Crippen LogP contribution in [0.3, 0.4) is 0 Å². The van der Waals surface area contributed by atoms with E-state index in [0.29, 0.717) is 11.1 Å². The smallest absolute Gasteiger partial charge is 0.406 e. The van der Waals surface area contributed by atoms with Crippen LogP contribution in [0, 0.1) is 5.82 Å². The van der Waals surface area contributed by atoms with E-state index in [1.807, 2.05) is 0 Å². The second kappa shape index (κ2) is 5.63. The van der Waals surface area contributed by atoms with Crippen molar-refractivity contribution in [2.24, 2.45) is 0 Å². The number of anilines is 1. The Morgan fingerprint density at radius 1 is 0.952 bits per heavy atom. The van der Waals surface area contributed by atoms with E-state index >= 15 is 0 Å². The standard InChI is InChI=1S/C15H13F4NO/c1-20(2)14-8-5-11(16)9-13(14)10-3-6-12(7-4-10)21-15(17,18)19/h3-9H,1-2H3. The fourth-order valence-electron chi connectivity index (χ4n) is 1.97. The van der Waals surface area contributed by atoms with Crippen molar-refractivity contribution < 1.29 is 22.3 Å². The van der Waals surface area contributed by atoms with Crippen LogP contribution in [0.25, 0.3) is 11.1 Å². The number of ether oxygens (including phenoxy) is 1. The molecule has 2 nitrogen and oxygen atoms in total. The van der Waals surface area contributed by atoms with E-state index in [1.165, 1.54) is 36.4 Å². The summed E-state index contributed by atoms with van der Waals surface area (Å²) in [7, 11) is 3.61. The van der Waals surface area contributed by atoms with Gasteiger partial charge in [0.1, 0.15) is 11.6 Å². The van der Waals surface area contributed by atoms with E-state index in [0.717, 1.165) is 5.69 Å². The van der Waals surface area contributed by atoms with Crippen molar-refractivity contribution in [1.29, 1.82) is 0 Å². The minimum Gasteiger partial charge on any atom is -0.406 e. The molecular formula is C15H13F4NO. The van der Waals surface area contributed by atoms with E-state index in [2.05, 4.69) is 4.74 Å². The van der Waals surface area contributed by atoms with E-state index in [1.54, 1.807) is 25.1 Å². The first-order chi connectivity index (χ1) is 9.76. The molecule has 2 aromatic carbocycles. The lowest BCUT2D eigenvalue weighted by atomic mass is 10.0. The number of alkyl halides is 3. The third-order valence-electron chi connectivity index (χ3n) is 2.84. The maximum Gasteiger partial charge on any atom is 0.573 e. The van der Waals surface area contributed by atoms with Gasteiger partial charge in [-0.25, -0.2) is 4.39 Å². The third-order valence-corrected chi connectivity index (χ3v) is 2.84. The average molecular weight is 299 g/mol. The van der Waals surface area contributed by atoms with Crippen LogP contribution in [0.15, 0.2) is 42.5 Å². The molecule has 0 amide bonds. The van der Waals surface area contributed by atoms with Gasteiger partial charge in [-0.15, -0.1) is 13.2 Å². The molecule has 0 heterocycles. The Labute approximate surface area is 119 Å². The molecule has 0 saturated carbocycles. The molecule has 21 heavy (non-hydrogen) atoms. The van der Waals surface area contributed by atoms with Gasteiger partial charge < -0.3 is 9.64 Å². The van der Waals surface area contributed by atoms with Crippen LogP contribution in [0.1, 0.15) is 0 Å². The van der Waals surface area contributed by atoms with Gasteiger partial charge in [0.15, 0.2) is 0 Å². The maximum absolute atomic E-state index is 13.4. The van der Waals surface area contributed by atoms with Gasteiger partial charge in [0, 0.05) is 25.3 Å². The summed E-state index contributed by atoms with van der Waals surface area (Å²) >= 11 is 0. The second-order valence-electron chi connectivity index (χ2n) is 4.63. The average Bonchev–Trinajstić information content (AvgIpc) is 2.37. The predicted octanol–water partition coefficient (Wildman–Crippen LogP) is 4.46. The number of hydrogen-bond acceptors (Lipinski definition) is 2. The second-order valence-corrected chi connectivity index (χ2v) is 4.63. The monoisotopic (exact) mass is 299 g/mol. The molecule has 112 valence electrons. The molecule has 0 fully saturated rings. The molecule has 0 unspecified atom stereocenters. The van der Waals surface area contributed by atoms with Crippen LogP contribution in [-0.2, 0) is 0 Å². The van der Waals surface area contributed by atoms with Crippen molar-refractivity contribution in [2.75, 3.05) is 19.0 Å². The SMILES string of the molecule is CN(C)c1ccc(F)cc1-c1ccc(OC(F)(F)F)cc1. The first-order valence-electron chi connectivity index (χ1n) is 6.09. The summed E-state index contributed by atoms with van der Waals surface area (Å²) in [5.41, 5.74) is 1.96. The molecule has 2 rings (SSSR count). The zero-order chi connectivity index (χ0) is 15.6. The Balaban J connectivity index is 2.37. The van der Waals surface area contributed by atoms with E-state index in [-0.39, 0.29) is 5.75 Å². The molecular weight excluding hydrogens is 286 g/mol. The summed E-state index contributed by atoms with van der Waals surface area (Å²) in [6.07, 6.45) is -4.73. The summed E-state index contributed by atoms with van der Waals surface area (Å²) in [6, 6.07) is 9.62. The number of halogens is 4. The molecule has 0 aromatic heterocycles. The topological polar surface area (TPSA) is 12.5 Å². The Kier molecular flexibility index (Phi) is 4.06. The fraction of sp³-hybridized carbons (Fsp3) is 0.200. The lowest BCUT2D eigenvalue weighted by molar-refractivity contribution is -0.274. The minimum atomic E-state index is -4.73. The molecule has 0 aliphatic carbocycles. The molecule has 0 bridgehead atoms. The highest BCUT2D eigenvalue weighted by molar-refractivity contribution is 5.78. The summed E-state index contributed by atoms with van der Waals surface area (Å²) in [5.74, 6) is -0.722. The van der Waals surface area contributed by atoms with Gasteiger partial charge in [-0.3, -0.25) is 0 Å². The summed E-state index contributed by atoms with van der Waals surface area (Å²) < 4.78 is 53.5. The molecule has 0 atom stereocenters. The highest BCUT2D eigenvalue weighted by Crippen LogP contribution is 2.32. The number of hydrogen-bond donors (Lipinski definition) is 0. The van der Waals surface area contributed by atoms with Crippen molar-refractivity contribution in [2.45, 2.75) is 6.36 Å².